The Bertz CT molecular complexity index is 379. The molecule has 0 saturated carbocycles. The Labute approximate surface area is 108 Å². The third-order valence-corrected chi connectivity index (χ3v) is 2.93. The van der Waals surface area contributed by atoms with Crippen molar-refractivity contribution in [1.29, 1.82) is 0 Å². The SMILES string of the molecule is NC(CCSCc1ccccn1)=NCC(F)(F)F. The molecule has 0 unspecified atom stereocenters. The van der Waals surface area contributed by atoms with E-state index in [0.29, 0.717) is 17.9 Å². The molecule has 18 heavy (non-hydrogen) atoms. The summed E-state index contributed by atoms with van der Waals surface area (Å²) in [7, 11) is 0. The van der Waals surface area contributed by atoms with Crippen LogP contribution in [0.3, 0.4) is 0 Å². The maximum Gasteiger partial charge on any atom is 0.408 e. The van der Waals surface area contributed by atoms with Gasteiger partial charge in [0.15, 0.2) is 0 Å². The topological polar surface area (TPSA) is 51.3 Å². The number of thioether (sulfide) groups is 1. The summed E-state index contributed by atoms with van der Waals surface area (Å²) in [6.07, 6.45) is -2.23. The van der Waals surface area contributed by atoms with E-state index in [1.165, 1.54) is 0 Å². The number of hydrogen-bond donors (Lipinski definition) is 1. The lowest BCUT2D eigenvalue weighted by molar-refractivity contribution is -0.118. The predicted molar refractivity (Wildman–Crippen MR) is 67.6 cm³/mol. The smallest absolute Gasteiger partial charge is 0.387 e. The normalized spacial score (nSPS) is 12.7. The third-order valence-electron chi connectivity index (χ3n) is 1.94. The highest BCUT2D eigenvalue weighted by molar-refractivity contribution is 7.98. The largest absolute Gasteiger partial charge is 0.408 e. The van der Waals surface area contributed by atoms with Crippen LogP contribution >= 0.6 is 11.8 Å². The molecular formula is C11H14F3N3S. The molecule has 7 heteroatoms. The van der Waals surface area contributed by atoms with Gasteiger partial charge in [-0.25, -0.2) is 0 Å². The van der Waals surface area contributed by atoms with E-state index in [1.807, 2.05) is 18.2 Å². The summed E-state index contributed by atoms with van der Waals surface area (Å²) < 4.78 is 35.5. The highest BCUT2D eigenvalue weighted by Gasteiger charge is 2.26. The first-order valence-corrected chi connectivity index (χ1v) is 6.46. The van der Waals surface area contributed by atoms with Crippen LogP contribution in [-0.2, 0) is 5.75 Å². The van der Waals surface area contributed by atoms with Crippen LogP contribution in [0.4, 0.5) is 13.2 Å². The van der Waals surface area contributed by atoms with Crippen molar-refractivity contribution in [1.82, 2.24) is 4.98 Å². The molecule has 1 rings (SSSR count). The Kier molecular flexibility index (Phi) is 5.97. The molecule has 0 saturated heterocycles. The van der Waals surface area contributed by atoms with Gasteiger partial charge in [0.05, 0.1) is 11.5 Å². The van der Waals surface area contributed by atoms with Gasteiger partial charge in [-0.15, -0.1) is 0 Å². The highest BCUT2D eigenvalue weighted by Crippen LogP contribution is 2.15. The van der Waals surface area contributed by atoms with Gasteiger partial charge in [-0.3, -0.25) is 9.98 Å². The molecular weight excluding hydrogens is 263 g/mol. The molecule has 0 aliphatic carbocycles. The maximum atomic E-state index is 11.8. The molecule has 0 fully saturated rings. The predicted octanol–water partition coefficient (Wildman–Crippen LogP) is 2.62. The van der Waals surface area contributed by atoms with Crippen LogP contribution in [0.15, 0.2) is 29.4 Å². The zero-order valence-electron chi connectivity index (χ0n) is 9.65. The summed E-state index contributed by atoms with van der Waals surface area (Å²) in [5, 5.41) is 0. The van der Waals surface area contributed by atoms with Crippen molar-refractivity contribution >= 4 is 17.6 Å². The van der Waals surface area contributed by atoms with Gasteiger partial charge in [0.2, 0.25) is 0 Å². The third kappa shape index (κ3) is 7.16. The lowest BCUT2D eigenvalue weighted by Gasteiger charge is -2.04. The molecule has 0 atom stereocenters. The average molecular weight is 277 g/mol. The standard InChI is InChI=1S/C11H14F3N3S/c12-11(13,14)8-17-10(15)4-6-18-7-9-3-1-2-5-16-9/h1-3,5H,4,6-8H2,(H2,15,17). The van der Waals surface area contributed by atoms with Crippen molar-refractivity contribution in [2.24, 2.45) is 10.7 Å². The first-order valence-electron chi connectivity index (χ1n) is 5.30. The summed E-state index contributed by atoms with van der Waals surface area (Å²) >= 11 is 1.56. The minimum Gasteiger partial charge on any atom is -0.387 e. The lowest BCUT2D eigenvalue weighted by Crippen LogP contribution is -2.19. The number of nitrogens with zero attached hydrogens (tertiary/aromatic N) is 2. The Morgan fingerprint density at radius 3 is 2.78 bits per heavy atom. The molecule has 0 amide bonds. The molecule has 0 bridgehead atoms. The van der Waals surface area contributed by atoms with Gasteiger partial charge >= 0.3 is 6.18 Å². The number of alkyl halides is 3. The molecule has 0 radical (unpaired) electrons. The van der Waals surface area contributed by atoms with Crippen molar-refractivity contribution < 1.29 is 13.2 Å². The van der Waals surface area contributed by atoms with E-state index >= 15 is 0 Å². The van der Waals surface area contributed by atoms with Crippen molar-refractivity contribution in [3.8, 4) is 0 Å². The van der Waals surface area contributed by atoms with E-state index in [9.17, 15) is 13.2 Å². The molecule has 3 nitrogen and oxygen atoms in total. The monoisotopic (exact) mass is 277 g/mol. The van der Waals surface area contributed by atoms with E-state index < -0.39 is 12.7 Å². The molecule has 1 aromatic rings. The number of halogens is 3. The fraction of sp³-hybridized carbons (Fsp3) is 0.455. The number of rotatable bonds is 6. The van der Waals surface area contributed by atoms with Gasteiger partial charge in [-0.05, 0) is 12.1 Å². The van der Waals surface area contributed by atoms with E-state index in [1.54, 1.807) is 18.0 Å². The maximum absolute atomic E-state index is 11.8. The molecule has 100 valence electrons. The number of pyridine rings is 1. The van der Waals surface area contributed by atoms with Crippen LogP contribution in [0.5, 0.6) is 0 Å². The molecule has 2 N–H and O–H groups in total. The first-order chi connectivity index (χ1) is 8.47. The average Bonchev–Trinajstić information content (AvgIpc) is 2.33. The minimum atomic E-state index is -4.29. The summed E-state index contributed by atoms with van der Waals surface area (Å²) in [5.41, 5.74) is 6.32. The number of nitrogens with two attached hydrogens (primary N) is 1. The van der Waals surface area contributed by atoms with Crippen molar-refractivity contribution in [3.63, 3.8) is 0 Å². The van der Waals surface area contributed by atoms with Crippen molar-refractivity contribution in [2.75, 3.05) is 12.3 Å². The molecule has 0 aromatic carbocycles. The summed E-state index contributed by atoms with van der Waals surface area (Å²) in [6.45, 7) is -1.20. The number of aliphatic imine (C=N–C) groups is 1. The summed E-state index contributed by atoms with van der Waals surface area (Å²) in [5.74, 6) is 1.39. The quantitative estimate of drug-likeness (QED) is 0.494. The van der Waals surface area contributed by atoms with Gasteiger partial charge in [-0.1, -0.05) is 6.07 Å². The van der Waals surface area contributed by atoms with Crippen molar-refractivity contribution in [3.05, 3.63) is 30.1 Å². The van der Waals surface area contributed by atoms with E-state index in [4.69, 9.17) is 5.73 Å². The zero-order chi connectivity index (χ0) is 13.4. The number of aromatic nitrogens is 1. The van der Waals surface area contributed by atoms with Gasteiger partial charge in [0.1, 0.15) is 6.54 Å². The van der Waals surface area contributed by atoms with E-state index in [2.05, 4.69) is 9.98 Å². The van der Waals surface area contributed by atoms with Crippen molar-refractivity contribution in [2.45, 2.75) is 18.3 Å². The first kappa shape index (κ1) is 14.8. The molecule has 1 heterocycles. The van der Waals surface area contributed by atoms with Crippen LogP contribution < -0.4 is 5.73 Å². The second kappa shape index (κ2) is 7.25. The second-order valence-corrected chi connectivity index (χ2v) is 4.65. The molecule has 1 aromatic heterocycles. The molecule has 0 aliphatic heterocycles. The van der Waals surface area contributed by atoms with Gasteiger partial charge in [0.25, 0.3) is 0 Å². The van der Waals surface area contributed by atoms with Gasteiger partial charge in [-0.2, -0.15) is 24.9 Å². The lowest BCUT2D eigenvalue weighted by atomic mass is 10.4. The Morgan fingerprint density at radius 1 is 1.39 bits per heavy atom. The second-order valence-electron chi connectivity index (χ2n) is 3.55. The van der Waals surface area contributed by atoms with Crippen LogP contribution in [-0.4, -0.2) is 29.3 Å². The van der Waals surface area contributed by atoms with Gasteiger partial charge < -0.3 is 5.73 Å². The summed E-state index contributed by atoms with van der Waals surface area (Å²) in [4.78, 5) is 7.41. The highest BCUT2D eigenvalue weighted by atomic mass is 32.2. The summed E-state index contributed by atoms with van der Waals surface area (Å²) in [6, 6.07) is 5.62. The molecule has 0 aliphatic rings. The van der Waals surface area contributed by atoms with Crippen LogP contribution in [0.1, 0.15) is 12.1 Å². The van der Waals surface area contributed by atoms with Crippen LogP contribution in [0, 0.1) is 0 Å². The Balaban J connectivity index is 2.18. The number of hydrogen-bond acceptors (Lipinski definition) is 3. The zero-order valence-corrected chi connectivity index (χ0v) is 10.5. The Hall–Kier alpha value is -1.24. The Morgan fingerprint density at radius 2 is 2.17 bits per heavy atom. The van der Waals surface area contributed by atoms with E-state index in [0.717, 1.165) is 5.69 Å². The van der Waals surface area contributed by atoms with Gasteiger partial charge in [0, 0.05) is 24.1 Å². The fourth-order valence-electron chi connectivity index (χ4n) is 1.11. The fourth-order valence-corrected chi connectivity index (χ4v) is 1.98. The van der Waals surface area contributed by atoms with Crippen LogP contribution in [0.2, 0.25) is 0 Å². The molecule has 0 spiro atoms. The minimum absolute atomic E-state index is 0.0424. The number of amidine groups is 1. The van der Waals surface area contributed by atoms with Crippen LogP contribution in [0.25, 0.3) is 0 Å². The van der Waals surface area contributed by atoms with E-state index in [-0.39, 0.29) is 5.84 Å².